The van der Waals surface area contributed by atoms with Gasteiger partial charge in [0.1, 0.15) is 5.88 Å². The van der Waals surface area contributed by atoms with Gasteiger partial charge in [0.05, 0.1) is 5.69 Å². The molecule has 0 amide bonds. The van der Waals surface area contributed by atoms with Crippen molar-refractivity contribution in [3.05, 3.63) is 24.3 Å². The fraction of sp³-hybridized carbons (Fsp3) is 0.250. The second-order valence-electron chi connectivity index (χ2n) is 2.89. The topological polar surface area (TPSA) is 82.4 Å². The van der Waals surface area contributed by atoms with Crippen LogP contribution < -0.4 is 5.32 Å². The van der Waals surface area contributed by atoms with Gasteiger partial charge in [-0.3, -0.25) is 0 Å². The Labute approximate surface area is 84.0 Å². The number of rotatable bonds is 4. The molecule has 76 valence electrons. The van der Waals surface area contributed by atoms with Crippen LogP contribution >= 0.6 is 0 Å². The van der Waals surface area contributed by atoms with Crippen molar-refractivity contribution in [2.45, 2.75) is 0 Å². The van der Waals surface area contributed by atoms with Crippen molar-refractivity contribution in [1.29, 1.82) is 5.52 Å². The number of anilines is 1. The predicted octanol–water partition coefficient (Wildman–Crippen LogP) is 1.76. The third kappa shape index (κ3) is 3.53. The molecule has 0 aliphatic rings. The predicted molar refractivity (Wildman–Crippen MR) is 54.6 cm³/mol. The molecule has 0 spiro atoms. The highest BCUT2D eigenvalue weighted by molar-refractivity contribution is 7.90. The number of nitrogens with zero attached hydrogens (tertiary/aromatic N) is 1. The first-order chi connectivity index (χ1) is 7.01. The minimum atomic E-state index is -3.03. The fourth-order valence-electron chi connectivity index (χ4n) is 0.860. The molecule has 0 aliphatic carbocycles. The maximum atomic E-state index is 10.9. The Balaban J connectivity index is 2.65. The first-order valence-electron chi connectivity index (χ1n) is 4.33. The number of benzene rings is 1. The smallest absolute Gasteiger partial charge is 0.214 e. The average Bonchev–Trinajstić information content (AvgIpc) is 2.16. The van der Waals surface area contributed by atoms with Gasteiger partial charge in [-0.25, -0.2) is 13.9 Å². The number of sulfone groups is 1. The van der Waals surface area contributed by atoms with E-state index in [2.05, 4.69) is 16.0 Å². The lowest BCUT2D eigenvalue weighted by atomic mass is 10.3. The molecule has 5 nitrogen and oxygen atoms in total. The Bertz CT molecular complexity index is 441. The van der Waals surface area contributed by atoms with E-state index in [-0.39, 0.29) is 5.88 Å². The molecule has 0 saturated heterocycles. The third-order valence-electron chi connectivity index (χ3n) is 1.52. The van der Waals surface area contributed by atoms with E-state index in [1.165, 1.54) is 0 Å². The molecule has 0 fully saturated rings. The second kappa shape index (κ2) is 4.19. The van der Waals surface area contributed by atoms with Crippen LogP contribution in [0.3, 0.4) is 0 Å². The van der Waals surface area contributed by atoms with Gasteiger partial charge in [-0.2, -0.15) is 5.11 Å². The lowest BCUT2D eigenvalue weighted by Gasteiger charge is -2.03. The third-order valence-corrected chi connectivity index (χ3v) is 2.19. The second-order valence-corrected chi connectivity index (χ2v) is 5.03. The summed E-state index contributed by atoms with van der Waals surface area (Å²) in [6.07, 6.45) is 1.16. The summed E-state index contributed by atoms with van der Waals surface area (Å²) in [5.41, 5.74) is 4.11. The van der Waals surface area contributed by atoms with E-state index in [0.717, 1.165) is 6.26 Å². The number of nitrogens with one attached hydrogen (secondary N) is 2. The molecule has 2 N–H and O–H groups in total. The van der Waals surface area contributed by atoms with Crippen molar-refractivity contribution >= 4 is 21.2 Å². The first kappa shape index (κ1) is 9.14. The van der Waals surface area contributed by atoms with Crippen LogP contribution in [-0.2, 0) is 9.84 Å². The van der Waals surface area contributed by atoms with Gasteiger partial charge in [0.25, 0.3) is 0 Å². The van der Waals surface area contributed by atoms with Crippen LogP contribution in [0, 0.1) is 5.52 Å². The molecule has 1 aromatic rings. The molecule has 0 aromatic heterocycles. The Morgan fingerprint density at radius 2 is 2.14 bits per heavy atom. The molecule has 0 bridgehead atoms. The Morgan fingerprint density at radius 1 is 1.50 bits per heavy atom. The van der Waals surface area contributed by atoms with Crippen molar-refractivity contribution in [1.82, 2.24) is 0 Å². The molecule has 1 aromatic carbocycles. The SMILES string of the molecule is [2H]N=Nc1ccc(NCS(C)(=O)=O)cc1. The maximum absolute atomic E-state index is 10.9. The van der Waals surface area contributed by atoms with Gasteiger partial charge in [0.2, 0.25) is 1.41 Å². The summed E-state index contributed by atoms with van der Waals surface area (Å²) in [6.45, 7) is 0. The molecule has 1 rings (SSSR count). The first-order valence-corrected chi connectivity index (χ1v) is 5.94. The summed E-state index contributed by atoms with van der Waals surface area (Å²) in [4.78, 5) is 0. The van der Waals surface area contributed by atoms with Crippen molar-refractivity contribution in [3.63, 3.8) is 0 Å². The van der Waals surface area contributed by atoms with Gasteiger partial charge in [-0.05, 0) is 24.3 Å². The van der Waals surface area contributed by atoms with Crippen molar-refractivity contribution < 1.29 is 9.83 Å². The molecule has 0 saturated carbocycles. The number of hydrogen-bond donors (Lipinski definition) is 2. The lowest BCUT2D eigenvalue weighted by Crippen LogP contribution is -2.12. The maximum Gasteiger partial charge on any atom is 0.214 e. The standard InChI is InChI=1S/C8H11N3O2S/c1-14(12,13)6-10-7-2-4-8(11-9)5-3-7/h2-5,9-10H,6H2,1H3/i/hD. The monoisotopic (exact) mass is 214 g/mol. The van der Waals surface area contributed by atoms with Gasteiger partial charge in [-0.1, -0.05) is 0 Å². The van der Waals surface area contributed by atoms with Crippen LogP contribution in [0.15, 0.2) is 29.4 Å². The Morgan fingerprint density at radius 3 is 2.64 bits per heavy atom. The summed E-state index contributed by atoms with van der Waals surface area (Å²) in [7, 11) is -3.03. The quantitative estimate of drug-likeness (QED) is 0.749. The highest BCUT2D eigenvalue weighted by atomic mass is 32.2. The zero-order chi connectivity index (χ0) is 11.3. The molecule has 14 heavy (non-hydrogen) atoms. The molecule has 0 radical (unpaired) electrons. The van der Waals surface area contributed by atoms with Crippen LogP contribution in [0.25, 0.3) is 0 Å². The molecule has 0 atom stereocenters. The Kier molecular flexibility index (Phi) is 2.73. The van der Waals surface area contributed by atoms with E-state index in [4.69, 9.17) is 1.41 Å². The van der Waals surface area contributed by atoms with Crippen molar-refractivity contribution in [3.8, 4) is 0 Å². The summed E-state index contributed by atoms with van der Waals surface area (Å²) < 4.78 is 28.2. The van der Waals surface area contributed by atoms with Crippen LogP contribution in [0.2, 0.25) is 1.41 Å². The highest BCUT2D eigenvalue weighted by Crippen LogP contribution is 2.15. The lowest BCUT2D eigenvalue weighted by molar-refractivity contribution is 0.603. The van der Waals surface area contributed by atoms with Gasteiger partial charge in [-0.15, -0.1) is 0 Å². The zero-order valence-corrected chi connectivity index (χ0v) is 8.45. The molecular formula is C8H11N3O2S. The summed E-state index contributed by atoms with van der Waals surface area (Å²) in [6, 6.07) is 6.63. The largest absolute Gasteiger partial charge is 0.372 e. The molecule has 0 aliphatic heterocycles. The summed E-state index contributed by atoms with van der Waals surface area (Å²) in [5.74, 6) is -0.105. The van der Waals surface area contributed by atoms with E-state index in [1.54, 1.807) is 24.3 Å². The van der Waals surface area contributed by atoms with E-state index in [1.807, 2.05) is 0 Å². The van der Waals surface area contributed by atoms with Crippen LogP contribution in [-0.4, -0.2) is 20.6 Å². The Hall–Kier alpha value is -1.43. The van der Waals surface area contributed by atoms with Gasteiger partial charge in [0.15, 0.2) is 9.84 Å². The minimum absolute atomic E-state index is 0.105. The van der Waals surface area contributed by atoms with E-state index >= 15 is 0 Å². The summed E-state index contributed by atoms with van der Waals surface area (Å²) >= 11 is 0. The zero-order valence-electron chi connectivity index (χ0n) is 8.64. The molecule has 6 heteroatoms. The highest BCUT2D eigenvalue weighted by Gasteiger charge is 2.00. The van der Waals surface area contributed by atoms with Crippen molar-refractivity contribution in [2.75, 3.05) is 17.4 Å². The van der Waals surface area contributed by atoms with Crippen LogP contribution in [0.4, 0.5) is 11.4 Å². The van der Waals surface area contributed by atoms with E-state index in [0.29, 0.717) is 11.4 Å². The van der Waals surface area contributed by atoms with Gasteiger partial charge in [0, 0.05) is 11.9 Å². The van der Waals surface area contributed by atoms with E-state index < -0.39 is 9.84 Å². The van der Waals surface area contributed by atoms with Crippen LogP contribution in [0.1, 0.15) is 0 Å². The van der Waals surface area contributed by atoms with Gasteiger partial charge < -0.3 is 5.32 Å². The fourth-order valence-corrected chi connectivity index (χ4v) is 1.29. The molecular weight excluding hydrogens is 202 g/mol. The molecule has 0 heterocycles. The molecule has 0 unspecified atom stereocenters. The van der Waals surface area contributed by atoms with Crippen molar-refractivity contribution in [2.24, 2.45) is 5.11 Å². The summed E-state index contributed by atoms with van der Waals surface area (Å²) in [5, 5.41) is 6.25. The van der Waals surface area contributed by atoms with E-state index in [9.17, 15) is 8.42 Å². The number of hydrogen-bond acceptors (Lipinski definition) is 5. The normalized spacial score (nSPS) is 12.8. The van der Waals surface area contributed by atoms with Gasteiger partial charge >= 0.3 is 0 Å². The van der Waals surface area contributed by atoms with Crippen LogP contribution in [0.5, 0.6) is 0 Å². The minimum Gasteiger partial charge on any atom is -0.372 e. The average molecular weight is 214 g/mol.